The van der Waals surface area contributed by atoms with Gasteiger partial charge in [0.1, 0.15) is 0 Å². The molecule has 0 aromatic heterocycles. The van der Waals surface area contributed by atoms with Gasteiger partial charge in [-0.05, 0) is 0 Å². The van der Waals surface area contributed by atoms with Crippen molar-refractivity contribution in [3.63, 3.8) is 0 Å². The van der Waals surface area contributed by atoms with E-state index >= 15 is 0 Å². The molecule has 0 bridgehead atoms. The molecule has 0 aliphatic heterocycles. The summed E-state index contributed by atoms with van der Waals surface area (Å²) in [6.45, 7) is 0. The molecule has 0 aromatic carbocycles. The Labute approximate surface area is 154 Å². The molecule has 0 aliphatic rings. The Hall–Kier alpha value is 2.37. The molecule has 20 heteroatoms. The van der Waals surface area contributed by atoms with Crippen molar-refractivity contribution >= 4 is 23.5 Å². The molecule has 2 N–H and O–H groups in total. The molecule has 0 saturated heterocycles. The third-order valence-electron chi connectivity index (χ3n) is 0. The van der Waals surface area contributed by atoms with Crippen LogP contribution in [0.1, 0.15) is 0 Å². The molecular formula is H2FeMn3O13P3. The molecule has 0 rings (SSSR count). The van der Waals surface area contributed by atoms with Gasteiger partial charge in [-0.25, -0.2) is 0 Å². The monoisotopic (exact) mass is 524 g/mol. The molecule has 0 amide bonds. The summed E-state index contributed by atoms with van der Waals surface area (Å²) in [6, 6.07) is 0. The molecule has 0 atom stereocenters. The summed E-state index contributed by atoms with van der Waals surface area (Å²) < 4.78 is 25.6. The van der Waals surface area contributed by atoms with Gasteiger partial charge in [0.25, 0.3) is 0 Å². The van der Waals surface area contributed by atoms with Crippen molar-refractivity contribution in [3.8, 4) is 0 Å². The zero-order chi connectivity index (χ0) is 13.5. The topological polar surface area (TPSA) is 290 Å². The van der Waals surface area contributed by atoms with Crippen LogP contribution in [0.4, 0.5) is 0 Å². The molecule has 124 valence electrons. The van der Waals surface area contributed by atoms with Gasteiger partial charge in [0.05, 0.1) is 0 Å². The maximum atomic E-state index is 8.55. The summed E-state index contributed by atoms with van der Waals surface area (Å²) in [5, 5.41) is 0. The van der Waals surface area contributed by atoms with Crippen molar-refractivity contribution < 1.29 is 131 Å². The van der Waals surface area contributed by atoms with Gasteiger partial charge in [-0.2, -0.15) is 23.5 Å². The van der Waals surface area contributed by atoms with Crippen LogP contribution in [0.25, 0.3) is 0 Å². The maximum absolute atomic E-state index is 8.55. The van der Waals surface area contributed by atoms with Crippen molar-refractivity contribution in [2.24, 2.45) is 0 Å². The quantitative estimate of drug-likeness (QED) is 0.211. The number of phosphoric acid groups is 3. The fourth-order valence-corrected chi connectivity index (χ4v) is 0. The van der Waals surface area contributed by atoms with Gasteiger partial charge in [0, 0.05) is 0 Å². The average Bonchev–Trinajstić information content (AvgIpc) is 1.41. The van der Waals surface area contributed by atoms with Crippen LogP contribution in [-0.2, 0) is 82.0 Å². The Balaban J connectivity index is -0.0000000160. The fraction of sp³-hybridized carbons (Fsp3) is 0. The van der Waals surface area contributed by atoms with Crippen molar-refractivity contribution in [1.82, 2.24) is 0 Å². The van der Waals surface area contributed by atoms with Crippen LogP contribution in [0.15, 0.2) is 0 Å². The Morgan fingerprint density at radius 2 is 0.450 bits per heavy atom. The van der Waals surface area contributed by atoms with Crippen LogP contribution in [-0.4, -0.2) is 5.48 Å². The van der Waals surface area contributed by atoms with Crippen molar-refractivity contribution in [3.05, 3.63) is 0 Å². The van der Waals surface area contributed by atoms with Crippen LogP contribution in [0.3, 0.4) is 0 Å². The first-order valence-corrected chi connectivity index (χ1v) is 6.57. The number of hydrogen-bond acceptors (Lipinski definition) is 12. The van der Waals surface area contributed by atoms with Gasteiger partial charge >= 0.3 is 68.3 Å². The summed E-state index contributed by atoms with van der Waals surface area (Å²) >= 11 is 0. The molecule has 0 fully saturated rings. The SMILES string of the molecule is O.O=P([O-])([O-])[O-].O=P([O-])([O-])[O-].O=P([O-])([O-])[O-].[Fe+3].[Mn+2].[Mn+2].[Mn+2]. The standard InChI is InChI=1S/Fe.3Mn.3H3O4P.H2O/c;;;;3*1-5(2,3)4;/h;;;;3*(H3,1,2,3,4);1H2/q+3;3*+2;;;;/p-9. The molecular weight excluding hydrogens is 522 g/mol. The van der Waals surface area contributed by atoms with E-state index in [0.29, 0.717) is 0 Å². The van der Waals surface area contributed by atoms with Gasteiger partial charge < -0.3 is 63.2 Å². The van der Waals surface area contributed by atoms with E-state index in [2.05, 4.69) is 0 Å². The molecule has 0 unspecified atom stereocenters. The Bertz CT molecular complexity index is 215. The van der Waals surface area contributed by atoms with E-state index < -0.39 is 23.5 Å². The van der Waals surface area contributed by atoms with E-state index in [1.165, 1.54) is 0 Å². The van der Waals surface area contributed by atoms with Crippen LogP contribution >= 0.6 is 23.5 Å². The molecule has 0 heterocycles. The molecule has 4 radical (unpaired) electrons. The normalized spacial score (nSPS) is 8.85. The second-order valence-corrected chi connectivity index (χ2v) is 4.02. The predicted molar refractivity (Wildman–Crippen MR) is 26.4 cm³/mol. The second-order valence-electron chi connectivity index (χ2n) is 1.34. The first kappa shape index (κ1) is 49.5. The van der Waals surface area contributed by atoms with Crippen molar-refractivity contribution in [1.29, 1.82) is 0 Å². The van der Waals surface area contributed by atoms with E-state index in [4.69, 9.17) is 57.7 Å². The maximum Gasteiger partial charge on any atom is 3.00 e. The molecule has 20 heavy (non-hydrogen) atoms. The van der Waals surface area contributed by atoms with E-state index in [1.807, 2.05) is 0 Å². The molecule has 0 aliphatic carbocycles. The minimum absolute atomic E-state index is 0. The largest absolute Gasteiger partial charge is 3.00 e. The zero-order valence-corrected chi connectivity index (χ0v) is 15.6. The molecule has 0 saturated carbocycles. The van der Waals surface area contributed by atoms with Crippen molar-refractivity contribution in [2.75, 3.05) is 0 Å². The third-order valence-corrected chi connectivity index (χ3v) is 0. The van der Waals surface area contributed by atoms with E-state index in [1.54, 1.807) is 0 Å². The summed E-state index contributed by atoms with van der Waals surface area (Å²) in [6.07, 6.45) is 0. The molecule has 0 aromatic rings. The van der Waals surface area contributed by atoms with Crippen LogP contribution < -0.4 is 44.0 Å². The first-order chi connectivity index (χ1) is 6.00. The summed E-state index contributed by atoms with van der Waals surface area (Å²) in [7, 11) is -16.2. The summed E-state index contributed by atoms with van der Waals surface area (Å²) in [4.78, 5) is 76.9. The van der Waals surface area contributed by atoms with Crippen LogP contribution in [0, 0.1) is 0 Å². The van der Waals surface area contributed by atoms with Crippen LogP contribution in [0.2, 0.25) is 0 Å². The van der Waals surface area contributed by atoms with E-state index in [9.17, 15) is 0 Å². The van der Waals surface area contributed by atoms with Gasteiger partial charge in [-0.1, -0.05) is 0 Å². The third kappa shape index (κ3) is 1360. The van der Waals surface area contributed by atoms with Gasteiger partial charge in [0.15, 0.2) is 0 Å². The average molecular weight is 524 g/mol. The fourth-order valence-electron chi connectivity index (χ4n) is 0. The summed E-state index contributed by atoms with van der Waals surface area (Å²) in [5.41, 5.74) is 0. The second kappa shape index (κ2) is 21.4. The minimum Gasteiger partial charge on any atom is -0.822 e. The molecule has 0 spiro atoms. The molecule has 13 nitrogen and oxygen atoms in total. The van der Waals surface area contributed by atoms with Gasteiger partial charge in [-0.3, -0.25) is 0 Å². The van der Waals surface area contributed by atoms with E-state index in [-0.39, 0.29) is 73.8 Å². The first-order valence-electron chi connectivity index (χ1n) is 2.19. The summed E-state index contributed by atoms with van der Waals surface area (Å²) in [5.74, 6) is 0. The Morgan fingerprint density at radius 3 is 0.450 bits per heavy atom. The Morgan fingerprint density at radius 1 is 0.450 bits per heavy atom. The minimum atomic E-state index is -5.39. The van der Waals surface area contributed by atoms with Crippen LogP contribution in [0.5, 0.6) is 0 Å². The van der Waals surface area contributed by atoms with E-state index in [0.717, 1.165) is 0 Å². The van der Waals surface area contributed by atoms with Crippen molar-refractivity contribution in [2.45, 2.75) is 0 Å². The smallest absolute Gasteiger partial charge is 0.822 e. The predicted octanol–water partition coefficient (Wildman–Crippen LogP) is -9.31. The number of hydrogen-bond donors (Lipinski definition) is 0. The Kier molecular flexibility index (Phi) is 52.9. The van der Waals surface area contributed by atoms with Gasteiger partial charge in [0.2, 0.25) is 0 Å². The van der Waals surface area contributed by atoms with Gasteiger partial charge in [-0.15, -0.1) is 0 Å². The zero-order valence-electron chi connectivity index (χ0n) is 8.23. The number of rotatable bonds is 0.